The van der Waals surface area contributed by atoms with Gasteiger partial charge in [0.1, 0.15) is 11.4 Å². The highest BCUT2D eigenvalue weighted by Crippen LogP contribution is 2.28. The van der Waals surface area contributed by atoms with E-state index in [4.69, 9.17) is 4.74 Å². The molecule has 24 heavy (non-hydrogen) atoms. The van der Waals surface area contributed by atoms with Crippen LogP contribution < -0.4 is 10.2 Å². The summed E-state index contributed by atoms with van der Waals surface area (Å²) in [6.45, 7) is 0. The van der Waals surface area contributed by atoms with E-state index in [2.05, 4.69) is 10.5 Å². The summed E-state index contributed by atoms with van der Waals surface area (Å²) in [7, 11) is 3.41. The Hall–Kier alpha value is -3.35. The molecule has 1 aromatic heterocycles. The number of nitro groups is 1. The zero-order valence-electron chi connectivity index (χ0n) is 13.3. The Morgan fingerprint density at radius 2 is 2.04 bits per heavy atom. The third kappa shape index (κ3) is 2.91. The van der Waals surface area contributed by atoms with Gasteiger partial charge in [-0.05, 0) is 24.3 Å². The maximum Gasteiger partial charge on any atom is 0.297 e. The number of nitrogens with one attached hydrogen (secondary N) is 1. The number of ether oxygens (including phenoxy) is 1. The molecule has 3 rings (SSSR count). The number of nitro benzene ring substituents is 1. The molecule has 0 bridgehead atoms. The summed E-state index contributed by atoms with van der Waals surface area (Å²) in [6, 6.07) is 14.6. The number of fused-ring (bicyclic) bond motifs is 1. The molecule has 1 N–H and O–H groups in total. The third-order valence-electron chi connectivity index (χ3n) is 3.77. The van der Waals surface area contributed by atoms with Gasteiger partial charge in [0.05, 0.1) is 30.0 Å². The molecule has 0 radical (unpaired) electrons. The summed E-state index contributed by atoms with van der Waals surface area (Å²) in [5.74, 6) is 0.421. The minimum atomic E-state index is -0.475. The van der Waals surface area contributed by atoms with Gasteiger partial charge in [-0.2, -0.15) is 5.10 Å². The van der Waals surface area contributed by atoms with Gasteiger partial charge < -0.3 is 9.30 Å². The largest absolute Gasteiger partial charge is 0.496 e. The van der Waals surface area contributed by atoms with Crippen LogP contribution in [0.1, 0.15) is 5.69 Å². The molecular formula is C17H16N4O3. The second-order valence-electron chi connectivity index (χ2n) is 5.20. The van der Waals surface area contributed by atoms with E-state index in [0.29, 0.717) is 11.4 Å². The van der Waals surface area contributed by atoms with Crippen LogP contribution in [-0.2, 0) is 7.05 Å². The summed E-state index contributed by atoms with van der Waals surface area (Å²) >= 11 is 0. The molecule has 0 amide bonds. The number of hydrogen-bond acceptors (Lipinski definition) is 5. The van der Waals surface area contributed by atoms with Crippen molar-refractivity contribution in [1.82, 2.24) is 4.57 Å². The topological polar surface area (TPSA) is 81.7 Å². The van der Waals surface area contributed by atoms with Crippen LogP contribution >= 0.6 is 0 Å². The lowest BCUT2D eigenvalue weighted by Gasteiger charge is -2.04. The van der Waals surface area contributed by atoms with Crippen molar-refractivity contribution in [2.45, 2.75) is 0 Å². The molecule has 3 aromatic rings. The molecule has 0 saturated heterocycles. The van der Waals surface area contributed by atoms with Gasteiger partial charge in [0.15, 0.2) is 0 Å². The summed E-state index contributed by atoms with van der Waals surface area (Å²) in [5.41, 5.74) is 4.91. The molecular weight excluding hydrogens is 308 g/mol. The Balaban J connectivity index is 1.85. The molecule has 0 saturated carbocycles. The van der Waals surface area contributed by atoms with E-state index >= 15 is 0 Å². The van der Waals surface area contributed by atoms with Crippen molar-refractivity contribution in [3.63, 3.8) is 0 Å². The minimum absolute atomic E-state index is 0.0939. The molecule has 0 unspecified atom stereocenters. The quantitative estimate of drug-likeness (QED) is 0.442. The van der Waals surface area contributed by atoms with Gasteiger partial charge in [-0.15, -0.1) is 0 Å². The number of nitrogens with zero attached hydrogens (tertiary/aromatic N) is 3. The number of para-hydroxylation sites is 1. The van der Waals surface area contributed by atoms with Crippen molar-refractivity contribution in [2.24, 2.45) is 12.1 Å². The number of anilines is 1. The monoisotopic (exact) mass is 324 g/mol. The Kier molecular flexibility index (Phi) is 4.15. The molecule has 0 spiro atoms. The van der Waals surface area contributed by atoms with Gasteiger partial charge in [-0.25, -0.2) is 0 Å². The van der Waals surface area contributed by atoms with Gasteiger partial charge >= 0.3 is 0 Å². The fourth-order valence-corrected chi connectivity index (χ4v) is 2.49. The molecule has 2 aromatic carbocycles. The standard InChI is InChI=1S/C17H16N4O3/c1-20-13(9-12-5-3-4-6-16(12)20)11-18-19-15-8-7-14(24-2)10-17(15)21(22)23/h3-11,19H,1-2H3. The Bertz CT molecular complexity index is 931. The number of hydrazone groups is 1. The van der Waals surface area contributed by atoms with E-state index in [1.54, 1.807) is 18.3 Å². The molecule has 7 heteroatoms. The molecule has 0 aliphatic heterocycles. The van der Waals surface area contributed by atoms with Crippen molar-refractivity contribution in [1.29, 1.82) is 0 Å². The van der Waals surface area contributed by atoms with E-state index < -0.39 is 4.92 Å². The summed E-state index contributed by atoms with van der Waals surface area (Å²) in [6.07, 6.45) is 1.63. The van der Waals surface area contributed by atoms with E-state index in [1.807, 2.05) is 41.9 Å². The number of hydrogen-bond donors (Lipinski definition) is 1. The molecule has 7 nitrogen and oxygen atoms in total. The average molecular weight is 324 g/mol. The number of aromatic nitrogens is 1. The second-order valence-corrected chi connectivity index (χ2v) is 5.20. The summed E-state index contributed by atoms with van der Waals surface area (Å²) < 4.78 is 7.01. The van der Waals surface area contributed by atoms with Crippen LogP contribution in [0.2, 0.25) is 0 Å². The first-order valence-corrected chi connectivity index (χ1v) is 7.26. The SMILES string of the molecule is COc1ccc(NN=Cc2cc3ccccc3n2C)c([N+](=O)[O-])c1. The van der Waals surface area contributed by atoms with Crippen molar-refractivity contribution < 1.29 is 9.66 Å². The summed E-state index contributed by atoms with van der Waals surface area (Å²) in [4.78, 5) is 10.7. The van der Waals surface area contributed by atoms with Crippen molar-refractivity contribution in [3.8, 4) is 5.75 Å². The molecule has 0 aliphatic carbocycles. The van der Waals surface area contributed by atoms with Crippen molar-refractivity contribution >= 4 is 28.5 Å². The van der Waals surface area contributed by atoms with Crippen LogP contribution in [-0.4, -0.2) is 22.8 Å². The third-order valence-corrected chi connectivity index (χ3v) is 3.77. The zero-order chi connectivity index (χ0) is 17.1. The lowest BCUT2D eigenvalue weighted by Crippen LogP contribution is -1.99. The van der Waals surface area contributed by atoms with E-state index in [9.17, 15) is 10.1 Å². The molecule has 1 heterocycles. The van der Waals surface area contributed by atoms with E-state index in [1.165, 1.54) is 13.2 Å². The Labute approximate surface area is 138 Å². The first kappa shape index (κ1) is 15.5. The number of aryl methyl sites for hydroxylation is 1. The van der Waals surface area contributed by atoms with Crippen LogP contribution in [0, 0.1) is 10.1 Å². The van der Waals surface area contributed by atoms with Crippen molar-refractivity contribution in [2.75, 3.05) is 12.5 Å². The summed E-state index contributed by atoms with van der Waals surface area (Å²) in [5, 5.41) is 16.4. The van der Waals surface area contributed by atoms with Crippen LogP contribution in [0.5, 0.6) is 5.75 Å². The number of benzene rings is 2. The van der Waals surface area contributed by atoms with E-state index in [0.717, 1.165) is 16.6 Å². The van der Waals surface area contributed by atoms with Crippen molar-refractivity contribution in [3.05, 3.63) is 64.3 Å². The smallest absolute Gasteiger partial charge is 0.297 e. The van der Waals surface area contributed by atoms with Crippen LogP contribution in [0.4, 0.5) is 11.4 Å². The van der Waals surface area contributed by atoms with Gasteiger partial charge in [0.25, 0.3) is 5.69 Å². The lowest BCUT2D eigenvalue weighted by atomic mass is 10.2. The van der Waals surface area contributed by atoms with Crippen LogP contribution in [0.3, 0.4) is 0 Å². The molecule has 0 fully saturated rings. The van der Waals surface area contributed by atoms with Gasteiger partial charge in [-0.1, -0.05) is 18.2 Å². The molecule has 0 atom stereocenters. The first-order valence-electron chi connectivity index (χ1n) is 7.26. The van der Waals surface area contributed by atoms with Gasteiger partial charge in [0.2, 0.25) is 0 Å². The Morgan fingerprint density at radius 3 is 2.75 bits per heavy atom. The second kappa shape index (κ2) is 6.41. The van der Waals surface area contributed by atoms with Crippen LogP contribution in [0.15, 0.2) is 53.6 Å². The molecule has 0 aliphatic rings. The van der Waals surface area contributed by atoms with Gasteiger partial charge in [0, 0.05) is 18.0 Å². The average Bonchev–Trinajstić information content (AvgIpc) is 2.91. The highest BCUT2D eigenvalue weighted by atomic mass is 16.6. The highest BCUT2D eigenvalue weighted by molar-refractivity contribution is 5.90. The normalized spacial score (nSPS) is 11.1. The van der Waals surface area contributed by atoms with Crippen LogP contribution in [0.25, 0.3) is 10.9 Å². The number of rotatable bonds is 5. The van der Waals surface area contributed by atoms with Gasteiger partial charge in [-0.3, -0.25) is 15.5 Å². The molecule has 122 valence electrons. The predicted octanol–water partition coefficient (Wildman–Crippen LogP) is 3.54. The lowest BCUT2D eigenvalue weighted by molar-refractivity contribution is -0.384. The minimum Gasteiger partial charge on any atom is -0.496 e. The first-order chi connectivity index (χ1) is 11.6. The fraction of sp³-hybridized carbons (Fsp3) is 0.118. The fourth-order valence-electron chi connectivity index (χ4n) is 2.49. The zero-order valence-corrected chi connectivity index (χ0v) is 13.3. The number of methoxy groups -OCH3 is 1. The maximum atomic E-state index is 11.1. The predicted molar refractivity (Wildman–Crippen MR) is 93.8 cm³/mol. The Morgan fingerprint density at radius 1 is 1.25 bits per heavy atom. The maximum absolute atomic E-state index is 11.1. The van der Waals surface area contributed by atoms with E-state index in [-0.39, 0.29) is 5.69 Å². The highest BCUT2D eigenvalue weighted by Gasteiger charge is 2.14.